The molecular formula is C33H30N4S. The minimum Gasteiger partial charge on any atom is -0.399 e. The van der Waals surface area contributed by atoms with Crippen LogP contribution < -0.4 is 5.73 Å². The lowest BCUT2D eigenvalue weighted by Gasteiger charge is -2.37. The molecule has 0 spiro atoms. The Balaban J connectivity index is 1.72. The Morgan fingerprint density at radius 3 is 1.87 bits per heavy atom. The molecule has 0 atom stereocenters. The van der Waals surface area contributed by atoms with Crippen molar-refractivity contribution < 1.29 is 0 Å². The second-order valence-electron chi connectivity index (χ2n) is 10.1. The molecule has 6 aromatic rings. The minimum atomic E-state index is -0.707. The zero-order valence-corrected chi connectivity index (χ0v) is 22.4. The number of hydrogen-bond donors (Lipinski definition) is 1. The first kappa shape index (κ1) is 24.1. The van der Waals surface area contributed by atoms with E-state index in [0.29, 0.717) is 5.92 Å². The van der Waals surface area contributed by atoms with Gasteiger partial charge in [0.2, 0.25) is 0 Å². The second-order valence-corrected chi connectivity index (χ2v) is 11.2. The molecule has 6 rings (SSSR count). The van der Waals surface area contributed by atoms with Crippen LogP contribution in [0.3, 0.4) is 0 Å². The van der Waals surface area contributed by atoms with Crippen molar-refractivity contribution in [3.63, 3.8) is 0 Å². The third kappa shape index (κ3) is 4.09. The summed E-state index contributed by atoms with van der Waals surface area (Å²) in [6.45, 7) is 4.44. The van der Waals surface area contributed by atoms with Gasteiger partial charge in [0.1, 0.15) is 11.2 Å². The fraction of sp³-hybridized carbons (Fsp3) is 0.152. The van der Waals surface area contributed by atoms with Crippen LogP contribution in [0.25, 0.3) is 21.5 Å². The van der Waals surface area contributed by atoms with E-state index in [2.05, 4.69) is 116 Å². The minimum absolute atomic E-state index is 0.542. The number of nitrogens with zero attached hydrogens (tertiary/aromatic N) is 3. The van der Waals surface area contributed by atoms with Crippen LogP contribution in [0.1, 0.15) is 35.5 Å². The first-order valence-corrected chi connectivity index (χ1v) is 13.8. The van der Waals surface area contributed by atoms with E-state index in [1.54, 1.807) is 11.3 Å². The number of nitrogens with two attached hydrogens (primary N) is 1. The van der Waals surface area contributed by atoms with Crippen molar-refractivity contribution >= 4 is 27.9 Å². The molecule has 188 valence electrons. The first-order chi connectivity index (χ1) is 18.6. The highest BCUT2D eigenvalue weighted by Gasteiger charge is 2.41. The molecule has 0 aliphatic carbocycles. The fourth-order valence-electron chi connectivity index (χ4n) is 5.34. The lowest BCUT2D eigenvalue weighted by molar-refractivity contribution is 0.477. The zero-order chi connectivity index (χ0) is 26.1. The quantitative estimate of drug-likeness (QED) is 0.175. The van der Waals surface area contributed by atoms with E-state index in [-0.39, 0.29) is 0 Å². The number of anilines is 1. The van der Waals surface area contributed by atoms with Crippen LogP contribution in [-0.2, 0) is 12.0 Å². The van der Waals surface area contributed by atoms with Crippen molar-refractivity contribution in [2.75, 3.05) is 5.73 Å². The number of benzene rings is 4. The summed E-state index contributed by atoms with van der Waals surface area (Å²) in [5, 5.41) is 7.58. The Morgan fingerprint density at radius 2 is 1.34 bits per heavy atom. The highest BCUT2D eigenvalue weighted by atomic mass is 32.1. The predicted octanol–water partition coefficient (Wildman–Crippen LogP) is 7.78. The smallest absolute Gasteiger partial charge is 0.138 e. The molecule has 5 heteroatoms. The lowest BCUT2D eigenvalue weighted by atomic mass is 9.77. The van der Waals surface area contributed by atoms with E-state index in [9.17, 15) is 0 Å². The van der Waals surface area contributed by atoms with Gasteiger partial charge in [-0.15, -0.1) is 11.3 Å². The maximum atomic E-state index is 6.34. The van der Waals surface area contributed by atoms with Gasteiger partial charge in [0, 0.05) is 23.7 Å². The van der Waals surface area contributed by atoms with Gasteiger partial charge in [-0.1, -0.05) is 105 Å². The molecule has 0 saturated heterocycles. The number of fused-ring (bicyclic) bond motifs is 1. The number of hydrogen-bond acceptors (Lipinski definition) is 4. The summed E-state index contributed by atoms with van der Waals surface area (Å²) in [5.74, 6) is 0.542. The van der Waals surface area contributed by atoms with Gasteiger partial charge in [0.15, 0.2) is 0 Å². The van der Waals surface area contributed by atoms with Crippen molar-refractivity contribution in [2.24, 2.45) is 5.92 Å². The normalized spacial score (nSPS) is 11.9. The number of nitrogen functional groups attached to an aromatic ring is 1. The molecule has 4 aromatic carbocycles. The summed E-state index contributed by atoms with van der Waals surface area (Å²) in [5.41, 5.74) is 11.7. The molecule has 0 bridgehead atoms. The molecule has 0 amide bonds. The topological polar surface area (TPSA) is 56.7 Å². The van der Waals surface area contributed by atoms with Gasteiger partial charge < -0.3 is 5.73 Å². The Bertz CT molecular complexity index is 1570. The third-order valence-electron chi connectivity index (χ3n) is 6.97. The number of rotatable bonds is 7. The molecule has 0 aliphatic heterocycles. The van der Waals surface area contributed by atoms with E-state index in [1.165, 1.54) is 0 Å². The zero-order valence-electron chi connectivity index (χ0n) is 21.6. The van der Waals surface area contributed by atoms with Crippen molar-refractivity contribution in [1.29, 1.82) is 0 Å². The lowest BCUT2D eigenvalue weighted by Crippen LogP contribution is -2.38. The summed E-state index contributed by atoms with van der Waals surface area (Å²) in [6, 6.07) is 38.0. The Labute approximate surface area is 227 Å². The maximum absolute atomic E-state index is 6.34. The Kier molecular flexibility index (Phi) is 6.30. The van der Waals surface area contributed by atoms with Crippen molar-refractivity contribution in [3.05, 3.63) is 137 Å². The third-order valence-corrected chi connectivity index (χ3v) is 7.99. The van der Waals surface area contributed by atoms with Crippen LogP contribution in [0.5, 0.6) is 0 Å². The molecule has 4 nitrogen and oxygen atoms in total. The Hall–Kier alpha value is -4.22. The van der Waals surface area contributed by atoms with Gasteiger partial charge in [-0.05, 0) is 40.8 Å². The predicted molar refractivity (Wildman–Crippen MR) is 158 cm³/mol. The summed E-state index contributed by atoms with van der Waals surface area (Å²) in [7, 11) is 0. The van der Waals surface area contributed by atoms with Gasteiger partial charge >= 0.3 is 0 Å². The first-order valence-electron chi connectivity index (χ1n) is 13.0. The van der Waals surface area contributed by atoms with Crippen molar-refractivity contribution in [1.82, 2.24) is 14.8 Å². The van der Waals surface area contributed by atoms with Crippen LogP contribution >= 0.6 is 11.3 Å². The van der Waals surface area contributed by atoms with Crippen LogP contribution in [0.4, 0.5) is 5.69 Å². The SMILES string of the molecule is CC(C)Cc1ncc(-c2nn(C(c3ccccc3)(c3ccccc3)c3ccccc3)c3ccc(N)cc23)s1. The highest BCUT2D eigenvalue weighted by molar-refractivity contribution is 7.15. The van der Waals surface area contributed by atoms with Crippen LogP contribution in [0, 0.1) is 5.92 Å². The van der Waals surface area contributed by atoms with E-state index in [1.807, 2.05) is 18.3 Å². The van der Waals surface area contributed by atoms with Gasteiger partial charge in [-0.3, -0.25) is 0 Å². The average molecular weight is 515 g/mol. The number of thiazole rings is 1. The van der Waals surface area contributed by atoms with E-state index in [0.717, 1.165) is 55.3 Å². The molecule has 2 aromatic heterocycles. The molecule has 0 saturated carbocycles. The molecule has 38 heavy (non-hydrogen) atoms. The van der Waals surface area contributed by atoms with Gasteiger partial charge in [0.05, 0.1) is 15.4 Å². The highest BCUT2D eigenvalue weighted by Crippen LogP contribution is 2.44. The monoisotopic (exact) mass is 514 g/mol. The van der Waals surface area contributed by atoms with E-state index < -0.39 is 5.54 Å². The molecular weight excluding hydrogens is 484 g/mol. The van der Waals surface area contributed by atoms with Gasteiger partial charge in [-0.25, -0.2) is 9.67 Å². The molecule has 0 aliphatic rings. The second kappa shape index (κ2) is 9.92. The fourth-order valence-corrected chi connectivity index (χ4v) is 6.47. The van der Waals surface area contributed by atoms with Gasteiger partial charge in [0.25, 0.3) is 0 Å². The van der Waals surface area contributed by atoms with E-state index in [4.69, 9.17) is 15.8 Å². The summed E-state index contributed by atoms with van der Waals surface area (Å²) in [4.78, 5) is 5.80. The summed E-state index contributed by atoms with van der Waals surface area (Å²) in [6.07, 6.45) is 2.92. The van der Waals surface area contributed by atoms with Gasteiger partial charge in [-0.2, -0.15) is 5.10 Å². The van der Waals surface area contributed by atoms with Crippen LogP contribution in [0.2, 0.25) is 0 Å². The standard InChI is InChI=1S/C33H30N4S/c1-23(2)20-31-35-22-30(38-31)32-28-21-27(34)18-19-29(28)37(36-32)33(24-12-6-3-7-13-24,25-14-8-4-9-15-25)26-16-10-5-11-17-26/h3-19,21-23H,20,34H2,1-2H3. The van der Waals surface area contributed by atoms with Crippen LogP contribution in [-0.4, -0.2) is 14.8 Å². The largest absolute Gasteiger partial charge is 0.399 e. The molecule has 2 N–H and O–H groups in total. The molecule has 2 heterocycles. The summed E-state index contributed by atoms with van der Waals surface area (Å²) < 4.78 is 2.19. The molecule has 0 fully saturated rings. The summed E-state index contributed by atoms with van der Waals surface area (Å²) >= 11 is 1.72. The van der Waals surface area contributed by atoms with Crippen molar-refractivity contribution in [2.45, 2.75) is 25.8 Å². The molecule has 0 unspecified atom stereocenters. The number of aromatic nitrogens is 3. The van der Waals surface area contributed by atoms with Crippen molar-refractivity contribution in [3.8, 4) is 10.6 Å². The Morgan fingerprint density at radius 1 is 0.789 bits per heavy atom. The molecule has 0 radical (unpaired) electrons. The maximum Gasteiger partial charge on any atom is 0.138 e. The van der Waals surface area contributed by atoms with Crippen LogP contribution in [0.15, 0.2) is 115 Å². The van der Waals surface area contributed by atoms with E-state index >= 15 is 0 Å². The average Bonchev–Trinajstić information content (AvgIpc) is 3.55.